The highest BCUT2D eigenvalue weighted by Crippen LogP contribution is 2.31. The maximum Gasteiger partial charge on any atom is 0.357 e. The summed E-state index contributed by atoms with van der Waals surface area (Å²) in [5.74, 6) is -2.59. The lowest BCUT2D eigenvalue weighted by atomic mass is 10.0. The van der Waals surface area contributed by atoms with Gasteiger partial charge in [-0.1, -0.05) is 24.3 Å². The lowest BCUT2D eigenvalue weighted by molar-refractivity contribution is 0.0549. The highest BCUT2D eigenvalue weighted by molar-refractivity contribution is 14.1. The number of ether oxygens (including phenoxy) is 2. The van der Waals surface area contributed by atoms with E-state index < -0.39 is 17.9 Å². The van der Waals surface area contributed by atoms with Crippen LogP contribution in [0.25, 0.3) is 16.9 Å². The minimum absolute atomic E-state index is 0.0675. The van der Waals surface area contributed by atoms with E-state index in [1.54, 1.807) is 36.4 Å². The van der Waals surface area contributed by atoms with Crippen molar-refractivity contribution in [3.63, 3.8) is 0 Å². The Bertz CT molecular complexity index is 1110. The largest absolute Gasteiger partial charge is 0.478 e. The van der Waals surface area contributed by atoms with Gasteiger partial charge in [0.15, 0.2) is 5.69 Å². The third kappa shape index (κ3) is 3.86. The van der Waals surface area contributed by atoms with Crippen molar-refractivity contribution in [1.82, 2.24) is 9.78 Å². The Hall–Kier alpha value is -3.21. The molecule has 29 heavy (non-hydrogen) atoms. The van der Waals surface area contributed by atoms with E-state index in [9.17, 15) is 19.5 Å². The minimum atomic E-state index is -1.07. The summed E-state index contributed by atoms with van der Waals surface area (Å²) in [6.07, 6.45) is 0. The maximum atomic E-state index is 12.6. The second-order valence-electron chi connectivity index (χ2n) is 5.80. The minimum Gasteiger partial charge on any atom is -0.478 e. The van der Waals surface area contributed by atoms with Gasteiger partial charge in [0.25, 0.3) is 0 Å². The molecular weight excluding hydrogens is 491 g/mol. The van der Waals surface area contributed by atoms with Crippen LogP contribution in [0, 0.1) is 3.57 Å². The van der Waals surface area contributed by atoms with Crippen LogP contribution in [0.2, 0.25) is 0 Å². The monoisotopic (exact) mass is 506 g/mol. The number of carbonyl (C=O) groups is 3. The molecule has 0 aliphatic heterocycles. The zero-order chi connectivity index (χ0) is 21.1. The first-order valence-electron chi connectivity index (χ1n) is 8.27. The summed E-state index contributed by atoms with van der Waals surface area (Å²) >= 11 is 1.89. The molecule has 0 fully saturated rings. The molecule has 0 unspecified atom stereocenters. The fraction of sp³-hybridized carbons (Fsp3) is 0.100. The molecule has 3 rings (SSSR count). The summed E-state index contributed by atoms with van der Waals surface area (Å²) in [6.45, 7) is 0. The molecule has 1 aromatic heterocycles. The number of aromatic carboxylic acids is 1. The number of esters is 2. The Balaban J connectivity index is 2.33. The molecule has 0 spiro atoms. The molecule has 1 heterocycles. The predicted molar refractivity (Wildman–Crippen MR) is 111 cm³/mol. The van der Waals surface area contributed by atoms with Crippen LogP contribution < -0.4 is 0 Å². The van der Waals surface area contributed by atoms with E-state index in [-0.39, 0.29) is 22.5 Å². The molecule has 8 nitrogen and oxygen atoms in total. The Morgan fingerprint density at radius 1 is 1.00 bits per heavy atom. The maximum absolute atomic E-state index is 12.6. The second-order valence-corrected chi connectivity index (χ2v) is 6.96. The van der Waals surface area contributed by atoms with Crippen molar-refractivity contribution in [3.8, 4) is 16.9 Å². The number of benzene rings is 2. The molecule has 3 aromatic rings. The Kier molecular flexibility index (Phi) is 5.97. The van der Waals surface area contributed by atoms with Crippen LogP contribution in [0.1, 0.15) is 31.2 Å². The van der Waals surface area contributed by atoms with Gasteiger partial charge in [0, 0.05) is 9.13 Å². The van der Waals surface area contributed by atoms with E-state index in [4.69, 9.17) is 9.47 Å². The number of hydrogen-bond donors (Lipinski definition) is 1. The van der Waals surface area contributed by atoms with Crippen molar-refractivity contribution in [2.24, 2.45) is 0 Å². The van der Waals surface area contributed by atoms with E-state index in [1.807, 2.05) is 22.6 Å². The normalized spacial score (nSPS) is 10.4. The first kappa shape index (κ1) is 20.5. The number of hydrogen-bond acceptors (Lipinski definition) is 6. The standard InChI is InChI=1S/C20H15IN2O6/c1-28-19(26)15-16(11-8-9-13(18(24)25)14(21)10-11)22-23(17(15)20(27)29-2)12-6-4-3-5-7-12/h3-10H,1-2H3,(H,24,25). The van der Waals surface area contributed by atoms with Crippen LogP contribution in [0.3, 0.4) is 0 Å². The van der Waals surface area contributed by atoms with Gasteiger partial charge in [0.2, 0.25) is 0 Å². The van der Waals surface area contributed by atoms with Crippen molar-refractivity contribution in [2.45, 2.75) is 0 Å². The lowest BCUT2D eigenvalue weighted by Gasteiger charge is -2.07. The van der Waals surface area contributed by atoms with E-state index in [0.29, 0.717) is 14.8 Å². The van der Waals surface area contributed by atoms with Gasteiger partial charge >= 0.3 is 17.9 Å². The van der Waals surface area contributed by atoms with Crippen molar-refractivity contribution in [3.05, 3.63) is 68.9 Å². The molecule has 0 aliphatic rings. The topological polar surface area (TPSA) is 108 Å². The van der Waals surface area contributed by atoms with Crippen LogP contribution in [-0.2, 0) is 9.47 Å². The zero-order valence-corrected chi connectivity index (χ0v) is 17.5. The number of carbonyl (C=O) groups excluding carboxylic acids is 2. The summed E-state index contributed by atoms with van der Waals surface area (Å²) in [5.41, 5.74) is 1.14. The zero-order valence-electron chi connectivity index (χ0n) is 15.4. The van der Waals surface area contributed by atoms with Crippen LogP contribution in [-0.4, -0.2) is 47.0 Å². The molecule has 0 radical (unpaired) electrons. The molecule has 0 aliphatic carbocycles. The summed E-state index contributed by atoms with van der Waals surface area (Å²) in [6, 6.07) is 13.3. The van der Waals surface area contributed by atoms with Crippen molar-refractivity contribution < 1.29 is 29.0 Å². The van der Waals surface area contributed by atoms with Crippen LogP contribution in [0.4, 0.5) is 0 Å². The number of methoxy groups -OCH3 is 2. The van der Waals surface area contributed by atoms with Crippen molar-refractivity contribution in [2.75, 3.05) is 14.2 Å². The summed E-state index contributed by atoms with van der Waals surface area (Å²) in [7, 11) is 2.40. The van der Waals surface area contributed by atoms with Gasteiger partial charge in [-0.15, -0.1) is 0 Å². The highest BCUT2D eigenvalue weighted by Gasteiger charge is 2.31. The van der Waals surface area contributed by atoms with Crippen molar-refractivity contribution >= 4 is 40.5 Å². The van der Waals surface area contributed by atoms with Gasteiger partial charge in [-0.3, -0.25) is 0 Å². The average molecular weight is 506 g/mol. The van der Waals surface area contributed by atoms with Gasteiger partial charge in [-0.25, -0.2) is 19.1 Å². The first-order chi connectivity index (χ1) is 13.9. The summed E-state index contributed by atoms with van der Waals surface area (Å²) in [5, 5.41) is 13.7. The number of rotatable bonds is 5. The highest BCUT2D eigenvalue weighted by atomic mass is 127. The summed E-state index contributed by atoms with van der Waals surface area (Å²) < 4.78 is 11.5. The molecule has 0 saturated carbocycles. The molecule has 2 aromatic carbocycles. The quantitative estimate of drug-likeness (QED) is 0.418. The fourth-order valence-corrected chi connectivity index (χ4v) is 3.54. The third-order valence-electron chi connectivity index (χ3n) is 4.13. The molecule has 0 bridgehead atoms. The van der Waals surface area contributed by atoms with E-state index in [2.05, 4.69) is 5.10 Å². The average Bonchev–Trinajstić information content (AvgIpc) is 3.13. The van der Waals surface area contributed by atoms with E-state index in [0.717, 1.165) is 0 Å². The number of nitrogens with zero attached hydrogens (tertiary/aromatic N) is 2. The molecular formula is C20H15IN2O6. The Labute approximate surface area is 179 Å². The predicted octanol–water partition coefficient (Wildman–Crippen LogP) is 3.42. The van der Waals surface area contributed by atoms with Gasteiger partial charge < -0.3 is 14.6 Å². The fourth-order valence-electron chi connectivity index (χ4n) is 2.79. The third-order valence-corrected chi connectivity index (χ3v) is 5.02. The first-order valence-corrected chi connectivity index (χ1v) is 9.35. The number of carboxylic acid groups (broad SMARTS) is 1. The van der Waals surface area contributed by atoms with Crippen LogP contribution in [0.5, 0.6) is 0 Å². The van der Waals surface area contributed by atoms with Crippen LogP contribution in [0.15, 0.2) is 48.5 Å². The molecule has 0 amide bonds. The molecule has 9 heteroatoms. The lowest BCUT2D eigenvalue weighted by Crippen LogP contribution is -2.15. The molecule has 0 saturated heterocycles. The summed E-state index contributed by atoms with van der Waals surface area (Å²) in [4.78, 5) is 36.4. The van der Waals surface area contributed by atoms with Gasteiger partial charge in [0.1, 0.15) is 11.3 Å². The van der Waals surface area contributed by atoms with Gasteiger partial charge in [0.05, 0.1) is 25.5 Å². The number of aromatic nitrogens is 2. The molecule has 148 valence electrons. The Morgan fingerprint density at radius 3 is 2.21 bits per heavy atom. The molecule has 0 atom stereocenters. The molecule has 1 N–H and O–H groups in total. The second kappa shape index (κ2) is 8.43. The van der Waals surface area contributed by atoms with Gasteiger partial charge in [-0.05, 0) is 46.9 Å². The van der Waals surface area contributed by atoms with Crippen molar-refractivity contribution in [1.29, 1.82) is 0 Å². The van der Waals surface area contributed by atoms with E-state index >= 15 is 0 Å². The SMILES string of the molecule is COC(=O)c1c(-c2ccc(C(=O)O)c(I)c2)nn(-c2ccccc2)c1C(=O)OC. The van der Waals surface area contributed by atoms with Gasteiger partial charge in [-0.2, -0.15) is 5.10 Å². The van der Waals surface area contributed by atoms with E-state index in [1.165, 1.54) is 31.0 Å². The van der Waals surface area contributed by atoms with Crippen LogP contribution >= 0.6 is 22.6 Å². The smallest absolute Gasteiger partial charge is 0.357 e. The number of halogens is 1. The Morgan fingerprint density at radius 2 is 1.66 bits per heavy atom. The number of para-hydroxylation sites is 1. The number of carboxylic acids is 1.